The first-order valence-corrected chi connectivity index (χ1v) is 5.98. The van der Waals surface area contributed by atoms with Crippen LogP contribution in [-0.2, 0) is 6.42 Å². The molecule has 0 aliphatic rings. The summed E-state index contributed by atoms with van der Waals surface area (Å²) in [6.07, 6.45) is 2.71. The molecule has 3 aromatic rings. The highest BCUT2D eigenvalue weighted by Crippen LogP contribution is 2.23. The molecule has 0 fully saturated rings. The summed E-state index contributed by atoms with van der Waals surface area (Å²) >= 11 is 1.74. The Balaban J connectivity index is 1.95. The molecule has 3 nitrogen and oxygen atoms in total. The largest absolute Gasteiger partial charge is 0.346 e. The van der Waals surface area contributed by atoms with Crippen LogP contribution in [0.1, 0.15) is 16.5 Å². The maximum absolute atomic E-state index is 4.59. The van der Waals surface area contributed by atoms with E-state index in [0.29, 0.717) is 0 Å². The molecular weight excluding hydrogens is 218 g/mol. The van der Waals surface area contributed by atoms with Gasteiger partial charge in [-0.25, -0.2) is 9.97 Å². The van der Waals surface area contributed by atoms with Crippen LogP contribution in [-0.4, -0.2) is 15.0 Å². The number of hydrogen-bond acceptors (Lipinski definition) is 3. The Hall–Kier alpha value is -1.68. The van der Waals surface area contributed by atoms with Gasteiger partial charge < -0.3 is 4.98 Å². The van der Waals surface area contributed by atoms with E-state index >= 15 is 0 Å². The van der Waals surface area contributed by atoms with Crippen LogP contribution in [0, 0.1) is 6.92 Å². The second-order valence-electron chi connectivity index (χ2n) is 3.75. The zero-order valence-electron chi connectivity index (χ0n) is 8.90. The van der Waals surface area contributed by atoms with Crippen LogP contribution in [0.4, 0.5) is 0 Å². The predicted molar refractivity (Wildman–Crippen MR) is 65.8 cm³/mol. The molecule has 1 aromatic carbocycles. The highest BCUT2D eigenvalue weighted by atomic mass is 32.1. The molecule has 3 rings (SSSR count). The third-order valence-electron chi connectivity index (χ3n) is 2.44. The number of para-hydroxylation sites is 1. The van der Waals surface area contributed by atoms with Crippen LogP contribution in [0.2, 0.25) is 0 Å². The first kappa shape index (κ1) is 9.54. The number of imidazole rings is 1. The molecule has 2 heterocycles. The summed E-state index contributed by atoms with van der Waals surface area (Å²) in [6.45, 7) is 1.96. The van der Waals surface area contributed by atoms with E-state index in [1.807, 2.05) is 31.3 Å². The van der Waals surface area contributed by atoms with Crippen molar-refractivity contribution in [3.05, 3.63) is 47.0 Å². The van der Waals surface area contributed by atoms with Gasteiger partial charge in [0.2, 0.25) is 0 Å². The highest BCUT2D eigenvalue weighted by molar-refractivity contribution is 7.18. The Morgan fingerprint density at radius 2 is 2.19 bits per heavy atom. The van der Waals surface area contributed by atoms with Crippen LogP contribution in [0.3, 0.4) is 0 Å². The Morgan fingerprint density at radius 3 is 2.94 bits per heavy atom. The lowest BCUT2D eigenvalue weighted by atomic mass is 10.3. The fourth-order valence-corrected chi connectivity index (χ4v) is 2.71. The van der Waals surface area contributed by atoms with E-state index in [1.54, 1.807) is 11.3 Å². The van der Waals surface area contributed by atoms with Gasteiger partial charge in [0.15, 0.2) is 0 Å². The summed E-state index contributed by atoms with van der Waals surface area (Å²) in [5, 5.41) is 1.13. The van der Waals surface area contributed by atoms with Crippen molar-refractivity contribution < 1.29 is 0 Å². The van der Waals surface area contributed by atoms with Crippen LogP contribution >= 0.6 is 11.3 Å². The lowest BCUT2D eigenvalue weighted by Crippen LogP contribution is -1.86. The summed E-state index contributed by atoms with van der Waals surface area (Å²) in [6, 6.07) is 8.22. The number of thiazole rings is 1. The minimum absolute atomic E-state index is 0.834. The minimum Gasteiger partial charge on any atom is -0.346 e. The van der Waals surface area contributed by atoms with E-state index in [0.717, 1.165) is 28.5 Å². The van der Waals surface area contributed by atoms with Gasteiger partial charge in [-0.05, 0) is 19.1 Å². The second-order valence-corrected chi connectivity index (χ2v) is 4.86. The number of aryl methyl sites for hydroxylation is 1. The molecule has 0 radical (unpaired) electrons. The molecule has 80 valence electrons. The standard InChI is InChI=1S/C12H11N3S/c1-8-13-7-9(14-8)6-12-15-10-4-2-3-5-11(10)16-12/h2-5,7H,6H2,1H3,(H,13,14). The lowest BCUT2D eigenvalue weighted by Gasteiger charge is -1.90. The molecular formula is C12H11N3S. The first-order chi connectivity index (χ1) is 7.81. The number of rotatable bonds is 2. The van der Waals surface area contributed by atoms with Crippen molar-refractivity contribution in [2.24, 2.45) is 0 Å². The Morgan fingerprint density at radius 1 is 1.31 bits per heavy atom. The zero-order valence-corrected chi connectivity index (χ0v) is 9.71. The van der Waals surface area contributed by atoms with E-state index in [4.69, 9.17) is 0 Å². The molecule has 0 saturated carbocycles. The Bertz CT molecular complexity index is 591. The van der Waals surface area contributed by atoms with Crippen LogP contribution in [0.15, 0.2) is 30.5 Å². The van der Waals surface area contributed by atoms with Crippen molar-refractivity contribution in [2.45, 2.75) is 13.3 Å². The fraction of sp³-hybridized carbons (Fsp3) is 0.167. The number of aromatic nitrogens is 3. The zero-order chi connectivity index (χ0) is 11.0. The molecule has 4 heteroatoms. The highest BCUT2D eigenvalue weighted by Gasteiger charge is 2.05. The van der Waals surface area contributed by atoms with Gasteiger partial charge in [0.1, 0.15) is 5.82 Å². The normalized spacial score (nSPS) is 11.1. The van der Waals surface area contributed by atoms with Crippen LogP contribution in [0.5, 0.6) is 0 Å². The van der Waals surface area contributed by atoms with Crippen molar-refractivity contribution in [1.29, 1.82) is 0 Å². The van der Waals surface area contributed by atoms with Gasteiger partial charge >= 0.3 is 0 Å². The lowest BCUT2D eigenvalue weighted by molar-refractivity contribution is 1.06. The van der Waals surface area contributed by atoms with Gasteiger partial charge in [-0.1, -0.05) is 12.1 Å². The van der Waals surface area contributed by atoms with E-state index in [2.05, 4.69) is 21.0 Å². The van der Waals surface area contributed by atoms with Gasteiger partial charge in [-0.2, -0.15) is 0 Å². The molecule has 0 amide bonds. The predicted octanol–water partition coefficient (Wildman–Crippen LogP) is 2.92. The van der Waals surface area contributed by atoms with Gasteiger partial charge in [0, 0.05) is 18.3 Å². The molecule has 1 N–H and O–H groups in total. The van der Waals surface area contributed by atoms with Crippen molar-refractivity contribution in [3.8, 4) is 0 Å². The fourth-order valence-electron chi connectivity index (χ4n) is 1.72. The maximum atomic E-state index is 4.59. The maximum Gasteiger partial charge on any atom is 0.103 e. The van der Waals surface area contributed by atoms with Gasteiger partial charge in [0.05, 0.1) is 15.2 Å². The summed E-state index contributed by atoms with van der Waals surface area (Å²) in [4.78, 5) is 12.0. The van der Waals surface area contributed by atoms with Crippen molar-refractivity contribution >= 4 is 21.6 Å². The number of H-pyrrole nitrogens is 1. The molecule has 0 saturated heterocycles. The van der Waals surface area contributed by atoms with Gasteiger partial charge in [-0.15, -0.1) is 11.3 Å². The van der Waals surface area contributed by atoms with Gasteiger partial charge in [0.25, 0.3) is 0 Å². The van der Waals surface area contributed by atoms with Crippen LogP contribution in [0.25, 0.3) is 10.2 Å². The average molecular weight is 229 g/mol. The van der Waals surface area contributed by atoms with Crippen molar-refractivity contribution in [3.63, 3.8) is 0 Å². The summed E-state index contributed by atoms with van der Waals surface area (Å²) in [7, 11) is 0. The molecule has 0 aliphatic carbocycles. The average Bonchev–Trinajstić information content (AvgIpc) is 2.84. The molecule has 0 atom stereocenters. The van der Waals surface area contributed by atoms with Gasteiger partial charge in [-0.3, -0.25) is 0 Å². The molecule has 0 unspecified atom stereocenters. The first-order valence-electron chi connectivity index (χ1n) is 5.16. The Kier molecular flexibility index (Phi) is 2.22. The second kappa shape index (κ2) is 3.72. The molecule has 0 aliphatic heterocycles. The topological polar surface area (TPSA) is 41.6 Å². The summed E-state index contributed by atoms with van der Waals surface area (Å²) in [5.74, 6) is 0.955. The summed E-state index contributed by atoms with van der Waals surface area (Å²) < 4.78 is 1.24. The summed E-state index contributed by atoms with van der Waals surface area (Å²) in [5.41, 5.74) is 2.20. The molecule has 16 heavy (non-hydrogen) atoms. The number of nitrogens with one attached hydrogen (secondary N) is 1. The van der Waals surface area contributed by atoms with Crippen molar-refractivity contribution in [2.75, 3.05) is 0 Å². The SMILES string of the molecule is Cc1ncc(Cc2nc3ccccc3s2)[nH]1. The number of fused-ring (bicyclic) bond motifs is 1. The molecule has 0 spiro atoms. The smallest absolute Gasteiger partial charge is 0.103 e. The Labute approximate surface area is 97.2 Å². The van der Waals surface area contributed by atoms with E-state index < -0.39 is 0 Å². The van der Waals surface area contributed by atoms with E-state index in [9.17, 15) is 0 Å². The van der Waals surface area contributed by atoms with E-state index in [-0.39, 0.29) is 0 Å². The molecule has 2 aromatic heterocycles. The number of benzene rings is 1. The van der Waals surface area contributed by atoms with Crippen LogP contribution < -0.4 is 0 Å². The third kappa shape index (κ3) is 1.72. The quantitative estimate of drug-likeness (QED) is 0.734. The number of nitrogens with zero attached hydrogens (tertiary/aromatic N) is 2. The number of hydrogen-bond donors (Lipinski definition) is 1. The van der Waals surface area contributed by atoms with Crippen molar-refractivity contribution in [1.82, 2.24) is 15.0 Å². The van der Waals surface area contributed by atoms with E-state index in [1.165, 1.54) is 4.70 Å². The monoisotopic (exact) mass is 229 g/mol. The minimum atomic E-state index is 0.834. The number of aromatic amines is 1. The molecule has 0 bridgehead atoms. The third-order valence-corrected chi connectivity index (χ3v) is 3.47.